The fourth-order valence-corrected chi connectivity index (χ4v) is 7.89. The molecule has 0 aromatic rings. The van der Waals surface area contributed by atoms with E-state index < -0.39 is 18.2 Å². The van der Waals surface area contributed by atoms with E-state index in [4.69, 9.17) is 4.74 Å². The highest BCUT2D eigenvalue weighted by molar-refractivity contribution is 5.77. The average molecular weight is 856 g/mol. The number of unbranched alkanes of at least 4 members (excludes halogenated alkanes) is 27. The van der Waals surface area contributed by atoms with Gasteiger partial charge in [0.25, 0.3) is 0 Å². The third-order valence-corrected chi connectivity index (χ3v) is 11.9. The van der Waals surface area contributed by atoms with Crippen molar-refractivity contribution in [2.45, 2.75) is 283 Å². The van der Waals surface area contributed by atoms with Crippen molar-refractivity contribution in [3.05, 3.63) is 48.6 Å². The van der Waals surface area contributed by atoms with Gasteiger partial charge in [0.05, 0.1) is 25.2 Å². The monoisotopic (exact) mass is 856 g/mol. The molecule has 0 spiro atoms. The molecule has 61 heavy (non-hydrogen) atoms. The van der Waals surface area contributed by atoms with Crippen LogP contribution < -0.4 is 5.32 Å². The van der Waals surface area contributed by atoms with Crippen molar-refractivity contribution in [2.24, 2.45) is 0 Å². The van der Waals surface area contributed by atoms with Crippen LogP contribution in [0.25, 0.3) is 0 Å². The summed E-state index contributed by atoms with van der Waals surface area (Å²) >= 11 is 0. The van der Waals surface area contributed by atoms with Gasteiger partial charge in [-0.05, 0) is 64.2 Å². The van der Waals surface area contributed by atoms with Gasteiger partial charge in [-0.3, -0.25) is 9.59 Å². The molecule has 0 bridgehead atoms. The Bertz CT molecular complexity index is 1050. The van der Waals surface area contributed by atoms with E-state index in [0.717, 1.165) is 70.6 Å². The molecule has 0 aliphatic rings. The number of allylic oxidation sites excluding steroid dienone is 8. The summed E-state index contributed by atoms with van der Waals surface area (Å²) in [5, 5.41) is 23.7. The number of esters is 1. The zero-order chi connectivity index (χ0) is 44.5. The molecule has 0 heterocycles. The number of carbonyl (C=O) groups excluding carboxylic acids is 2. The largest absolute Gasteiger partial charge is 0.462 e. The van der Waals surface area contributed by atoms with Crippen molar-refractivity contribution in [2.75, 3.05) is 6.61 Å². The molecule has 3 atom stereocenters. The molecule has 0 saturated carbocycles. The highest BCUT2D eigenvalue weighted by atomic mass is 16.5. The molecule has 0 aliphatic carbocycles. The van der Waals surface area contributed by atoms with Gasteiger partial charge in [0.15, 0.2) is 0 Å². The van der Waals surface area contributed by atoms with E-state index in [1.54, 1.807) is 0 Å². The maximum atomic E-state index is 13.2. The second-order valence-corrected chi connectivity index (χ2v) is 17.9. The van der Waals surface area contributed by atoms with Crippen LogP contribution in [-0.4, -0.2) is 46.9 Å². The number of amides is 1. The number of rotatable bonds is 47. The Morgan fingerprint density at radius 1 is 0.475 bits per heavy atom. The molecule has 0 aliphatic heterocycles. The van der Waals surface area contributed by atoms with E-state index in [1.807, 2.05) is 0 Å². The maximum absolute atomic E-state index is 13.2. The molecule has 356 valence electrons. The minimum absolute atomic E-state index is 0.0424. The molecule has 0 aromatic heterocycles. The fraction of sp³-hybridized carbons (Fsp3) is 0.818. The number of nitrogens with one attached hydrogen (secondary N) is 1. The summed E-state index contributed by atoms with van der Waals surface area (Å²) in [6.07, 6.45) is 58.8. The van der Waals surface area contributed by atoms with Gasteiger partial charge in [0.1, 0.15) is 6.10 Å². The molecule has 1 amide bonds. The van der Waals surface area contributed by atoms with Crippen LogP contribution in [0.2, 0.25) is 0 Å². The van der Waals surface area contributed by atoms with E-state index in [9.17, 15) is 19.8 Å². The van der Waals surface area contributed by atoms with Crippen LogP contribution in [0.1, 0.15) is 265 Å². The SMILES string of the molecule is CCCCC/C=C\C/C=C\C/C=C\C/C=C\CCCC(CC(=O)NC(CO)C(O)CCCCCCCCCCCCCC)OC(=O)CCCCCCCCCCCCCCC. The second kappa shape index (κ2) is 48.8. The van der Waals surface area contributed by atoms with E-state index in [1.165, 1.54) is 148 Å². The summed E-state index contributed by atoms with van der Waals surface area (Å²) in [5.74, 6) is -0.520. The normalized spacial score (nSPS) is 13.6. The second-order valence-electron chi connectivity index (χ2n) is 17.9. The Balaban J connectivity index is 4.68. The zero-order valence-corrected chi connectivity index (χ0v) is 40.5. The first-order valence-corrected chi connectivity index (χ1v) is 26.4. The third kappa shape index (κ3) is 44.2. The molecule has 6 nitrogen and oxygen atoms in total. The average Bonchev–Trinajstić information content (AvgIpc) is 3.25. The highest BCUT2D eigenvalue weighted by Crippen LogP contribution is 2.17. The lowest BCUT2D eigenvalue weighted by Gasteiger charge is -2.24. The number of hydrogen-bond donors (Lipinski definition) is 3. The van der Waals surface area contributed by atoms with Gasteiger partial charge in [-0.15, -0.1) is 0 Å². The standard InChI is InChI=1S/C55H101NO5/c1-4-7-10-13-16-19-22-25-26-27-28-30-31-34-37-40-43-46-51(61-55(60)48-45-42-39-36-33-29-23-20-17-14-11-8-5-2)49-54(59)56-52(50-57)53(58)47-44-41-38-35-32-24-21-18-15-12-9-6-3/h16,19,25-26,28,30,34,37,51-53,57-58H,4-15,17-18,20-24,27,29,31-33,35-36,38-50H2,1-3H3,(H,56,59)/b19-16-,26-25-,30-28-,37-34-. The molecule has 0 fully saturated rings. The van der Waals surface area contributed by atoms with Crippen molar-refractivity contribution in [3.63, 3.8) is 0 Å². The first kappa shape index (κ1) is 58.8. The van der Waals surface area contributed by atoms with Gasteiger partial charge in [0, 0.05) is 6.42 Å². The Hall–Kier alpha value is -2.18. The van der Waals surface area contributed by atoms with Crippen molar-refractivity contribution < 1.29 is 24.5 Å². The van der Waals surface area contributed by atoms with Crippen LogP contribution in [-0.2, 0) is 14.3 Å². The Labute approximate surface area is 378 Å². The first-order valence-electron chi connectivity index (χ1n) is 26.4. The molecular weight excluding hydrogens is 755 g/mol. The predicted octanol–water partition coefficient (Wildman–Crippen LogP) is 15.8. The molecule has 0 rings (SSSR count). The van der Waals surface area contributed by atoms with E-state index in [2.05, 4.69) is 74.7 Å². The first-order chi connectivity index (χ1) is 30.0. The highest BCUT2D eigenvalue weighted by Gasteiger charge is 2.24. The van der Waals surface area contributed by atoms with Crippen molar-refractivity contribution in [1.82, 2.24) is 5.32 Å². The smallest absolute Gasteiger partial charge is 0.306 e. The lowest BCUT2D eigenvalue weighted by Crippen LogP contribution is -2.46. The molecule has 0 aromatic carbocycles. The molecular formula is C55H101NO5. The van der Waals surface area contributed by atoms with Crippen LogP contribution in [0.5, 0.6) is 0 Å². The van der Waals surface area contributed by atoms with Gasteiger partial charge in [-0.2, -0.15) is 0 Å². The number of ether oxygens (including phenoxy) is 1. The molecule has 6 heteroatoms. The summed E-state index contributed by atoms with van der Waals surface area (Å²) in [6, 6.07) is -0.717. The minimum atomic E-state index is -0.800. The minimum Gasteiger partial charge on any atom is -0.462 e. The number of aliphatic hydroxyl groups is 2. The molecule has 0 radical (unpaired) electrons. The van der Waals surface area contributed by atoms with Crippen LogP contribution in [0.3, 0.4) is 0 Å². The topological polar surface area (TPSA) is 95.9 Å². The van der Waals surface area contributed by atoms with Crippen LogP contribution in [0, 0.1) is 0 Å². The van der Waals surface area contributed by atoms with E-state index in [0.29, 0.717) is 19.3 Å². The van der Waals surface area contributed by atoms with Crippen LogP contribution in [0.15, 0.2) is 48.6 Å². The van der Waals surface area contributed by atoms with Gasteiger partial charge in [-0.1, -0.05) is 236 Å². The maximum Gasteiger partial charge on any atom is 0.306 e. The van der Waals surface area contributed by atoms with Crippen molar-refractivity contribution in [1.29, 1.82) is 0 Å². The quantitative estimate of drug-likeness (QED) is 0.0322. The van der Waals surface area contributed by atoms with Gasteiger partial charge >= 0.3 is 5.97 Å². The molecule has 3 unspecified atom stereocenters. The Morgan fingerprint density at radius 3 is 1.30 bits per heavy atom. The predicted molar refractivity (Wildman–Crippen MR) is 264 cm³/mol. The number of aliphatic hydroxyl groups excluding tert-OH is 2. The van der Waals surface area contributed by atoms with E-state index in [-0.39, 0.29) is 24.9 Å². The zero-order valence-electron chi connectivity index (χ0n) is 40.5. The van der Waals surface area contributed by atoms with Gasteiger partial charge < -0.3 is 20.3 Å². The fourth-order valence-electron chi connectivity index (χ4n) is 7.89. The summed E-state index contributed by atoms with van der Waals surface area (Å²) in [5.41, 5.74) is 0. The van der Waals surface area contributed by atoms with Crippen molar-refractivity contribution in [3.8, 4) is 0 Å². The summed E-state index contributed by atoms with van der Waals surface area (Å²) < 4.78 is 5.91. The van der Waals surface area contributed by atoms with E-state index >= 15 is 0 Å². The third-order valence-electron chi connectivity index (χ3n) is 11.9. The molecule has 3 N–H and O–H groups in total. The Kier molecular flexibility index (Phi) is 47.1. The van der Waals surface area contributed by atoms with Crippen molar-refractivity contribution >= 4 is 11.9 Å². The van der Waals surface area contributed by atoms with Gasteiger partial charge in [-0.25, -0.2) is 0 Å². The lowest BCUT2D eigenvalue weighted by atomic mass is 10.0. The summed E-state index contributed by atoms with van der Waals surface area (Å²) in [7, 11) is 0. The number of carbonyl (C=O) groups is 2. The lowest BCUT2D eigenvalue weighted by molar-refractivity contribution is -0.151. The van der Waals surface area contributed by atoms with Gasteiger partial charge in [0.2, 0.25) is 5.91 Å². The molecule has 0 saturated heterocycles. The number of hydrogen-bond acceptors (Lipinski definition) is 5. The van der Waals surface area contributed by atoms with Crippen LogP contribution >= 0.6 is 0 Å². The Morgan fingerprint density at radius 2 is 0.852 bits per heavy atom. The summed E-state index contributed by atoms with van der Waals surface area (Å²) in [4.78, 5) is 26.1. The summed E-state index contributed by atoms with van der Waals surface area (Å²) in [6.45, 7) is 6.44. The van der Waals surface area contributed by atoms with Crippen LogP contribution in [0.4, 0.5) is 0 Å².